The van der Waals surface area contributed by atoms with Crippen LogP contribution >= 0.6 is 24.0 Å². The molecule has 2 aliphatic heterocycles. The highest BCUT2D eigenvalue weighted by Gasteiger charge is 2.44. The molecule has 0 aromatic heterocycles. The summed E-state index contributed by atoms with van der Waals surface area (Å²) in [5.74, 6) is 0.793. The van der Waals surface area contributed by atoms with Gasteiger partial charge in [-0.05, 0) is 62.6 Å². The molecule has 30 heavy (non-hydrogen) atoms. The van der Waals surface area contributed by atoms with Gasteiger partial charge in [-0.25, -0.2) is 4.39 Å². The minimum Gasteiger partial charge on any atom is -0.376 e. The number of piperidine rings is 1. The Hall–Kier alpha value is -0.930. The van der Waals surface area contributed by atoms with Crippen LogP contribution in [0.25, 0.3) is 0 Å². The van der Waals surface area contributed by atoms with Gasteiger partial charge in [0, 0.05) is 38.7 Å². The van der Waals surface area contributed by atoms with Gasteiger partial charge in [0.25, 0.3) is 0 Å². The molecule has 1 saturated carbocycles. The predicted molar refractivity (Wildman–Crippen MR) is 128 cm³/mol. The number of aliphatic imine (C=N–C) groups is 1. The summed E-state index contributed by atoms with van der Waals surface area (Å²) in [4.78, 5) is 6.84. The lowest BCUT2D eigenvalue weighted by Gasteiger charge is -2.35. The van der Waals surface area contributed by atoms with Crippen LogP contribution in [0.15, 0.2) is 29.3 Å². The highest BCUT2D eigenvalue weighted by Crippen LogP contribution is 2.47. The van der Waals surface area contributed by atoms with Crippen molar-refractivity contribution >= 4 is 29.9 Å². The smallest absolute Gasteiger partial charge is 0.193 e. The largest absolute Gasteiger partial charge is 0.376 e. The highest BCUT2D eigenvalue weighted by molar-refractivity contribution is 14.0. The van der Waals surface area contributed by atoms with Gasteiger partial charge in [0.05, 0.1) is 18.8 Å². The SMILES string of the molecule is CN=C(NCC1(c2ccc(F)cc2)CC1)N1CCC(OCC2CCCCO2)CC1.I. The quantitative estimate of drug-likeness (QED) is 0.341. The molecule has 0 radical (unpaired) electrons. The third kappa shape index (κ3) is 6.07. The maximum absolute atomic E-state index is 13.2. The van der Waals surface area contributed by atoms with Gasteiger partial charge in [0.1, 0.15) is 5.82 Å². The van der Waals surface area contributed by atoms with Gasteiger partial charge in [-0.1, -0.05) is 12.1 Å². The normalized spacial score (nSPS) is 24.3. The van der Waals surface area contributed by atoms with Crippen molar-refractivity contribution in [1.82, 2.24) is 10.2 Å². The van der Waals surface area contributed by atoms with Crippen molar-refractivity contribution in [2.75, 3.05) is 39.9 Å². The summed E-state index contributed by atoms with van der Waals surface area (Å²) in [6.07, 6.45) is 8.51. The number of nitrogens with zero attached hydrogens (tertiary/aromatic N) is 2. The van der Waals surface area contributed by atoms with Crippen LogP contribution in [0.1, 0.15) is 50.5 Å². The Kier molecular flexibility index (Phi) is 8.77. The van der Waals surface area contributed by atoms with E-state index in [1.54, 1.807) is 12.1 Å². The van der Waals surface area contributed by atoms with E-state index in [2.05, 4.69) is 15.2 Å². The molecule has 1 N–H and O–H groups in total. The first-order chi connectivity index (χ1) is 14.2. The van der Waals surface area contributed by atoms with E-state index in [9.17, 15) is 4.39 Å². The average molecular weight is 531 g/mol. The molecule has 1 aromatic rings. The van der Waals surface area contributed by atoms with Crippen LogP contribution in [-0.2, 0) is 14.9 Å². The number of hydrogen-bond acceptors (Lipinski definition) is 3. The molecule has 168 valence electrons. The van der Waals surface area contributed by atoms with Gasteiger partial charge in [-0.3, -0.25) is 4.99 Å². The lowest BCUT2D eigenvalue weighted by molar-refractivity contribution is -0.0721. The Bertz CT molecular complexity index is 682. The number of guanidine groups is 1. The summed E-state index contributed by atoms with van der Waals surface area (Å²) >= 11 is 0. The van der Waals surface area contributed by atoms with Gasteiger partial charge in [0.15, 0.2) is 5.96 Å². The number of halogens is 2. The van der Waals surface area contributed by atoms with E-state index in [0.29, 0.717) is 6.10 Å². The van der Waals surface area contributed by atoms with Gasteiger partial charge in [0.2, 0.25) is 0 Å². The molecular weight excluding hydrogens is 496 g/mol. The van der Waals surface area contributed by atoms with Gasteiger partial charge in [-0.15, -0.1) is 24.0 Å². The molecule has 1 atom stereocenters. The Morgan fingerprint density at radius 1 is 1.20 bits per heavy atom. The third-order valence-electron chi connectivity index (χ3n) is 6.64. The number of hydrogen-bond donors (Lipinski definition) is 1. The lowest BCUT2D eigenvalue weighted by atomic mass is 9.96. The van der Waals surface area contributed by atoms with E-state index in [1.807, 2.05) is 19.2 Å². The molecule has 4 rings (SSSR count). The molecule has 3 fully saturated rings. The van der Waals surface area contributed by atoms with Crippen LogP contribution in [0.4, 0.5) is 4.39 Å². The van der Waals surface area contributed by atoms with Crippen molar-refractivity contribution in [2.45, 2.75) is 62.6 Å². The van der Waals surface area contributed by atoms with Crippen molar-refractivity contribution in [2.24, 2.45) is 4.99 Å². The molecule has 1 aromatic carbocycles. The fraction of sp³-hybridized carbons (Fsp3) is 0.696. The maximum atomic E-state index is 13.2. The molecule has 1 aliphatic carbocycles. The van der Waals surface area contributed by atoms with Crippen molar-refractivity contribution in [3.63, 3.8) is 0 Å². The van der Waals surface area contributed by atoms with E-state index in [-0.39, 0.29) is 41.3 Å². The Morgan fingerprint density at radius 3 is 2.53 bits per heavy atom. The molecule has 2 saturated heterocycles. The zero-order valence-corrected chi connectivity index (χ0v) is 20.3. The standard InChI is InChI=1S/C23H34FN3O2.HI/c1-25-22(26-17-23(11-12-23)18-5-7-19(24)8-6-18)27-13-9-20(10-14-27)29-16-21-4-2-3-15-28-21;/h5-8,20-21H,2-4,9-17H2,1H3,(H,25,26);1H. The highest BCUT2D eigenvalue weighted by atomic mass is 127. The predicted octanol–water partition coefficient (Wildman–Crippen LogP) is 4.10. The number of benzene rings is 1. The fourth-order valence-corrected chi connectivity index (χ4v) is 4.52. The van der Waals surface area contributed by atoms with Crippen LogP contribution < -0.4 is 5.32 Å². The molecule has 1 unspecified atom stereocenters. The van der Waals surface area contributed by atoms with Crippen LogP contribution in [0.5, 0.6) is 0 Å². The fourth-order valence-electron chi connectivity index (χ4n) is 4.52. The van der Waals surface area contributed by atoms with Crippen LogP contribution in [-0.4, -0.2) is 63.0 Å². The van der Waals surface area contributed by atoms with Crippen LogP contribution in [0.3, 0.4) is 0 Å². The number of ether oxygens (including phenoxy) is 2. The lowest BCUT2D eigenvalue weighted by Crippen LogP contribution is -2.48. The number of rotatable bonds is 6. The summed E-state index contributed by atoms with van der Waals surface area (Å²) in [6.45, 7) is 4.38. The minimum atomic E-state index is -0.173. The molecule has 0 bridgehead atoms. The summed E-state index contributed by atoms with van der Waals surface area (Å²) in [6, 6.07) is 6.97. The minimum absolute atomic E-state index is 0. The van der Waals surface area contributed by atoms with Crippen molar-refractivity contribution < 1.29 is 13.9 Å². The molecule has 0 spiro atoms. The first kappa shape index (κ1) is 23.7. The zero-order chi connectivity index (χ0) is 20.1. The maximum Gasteiger partial charge on any atom is 0.193 e. The third-order valence-corrected chi connectivity index (χ3v) is 6.64. The second-order valence-corrected chi connectivity index (χ2v) is 8.70. The van der Waals surface area contributed by atoms with E-state index in [0.717, 1.165) is 70.9 Å². The summed E-state index contributed by atoms with van der Waals surface area (Å²) in [5.41, 5.74) is 1.35. The van der Waals surface area contributed by atoms with Gasteiger partial charge < -0.3 is 19.7 Å². The molecular formula is C23H35FIN3O2. The van der Waals surface area contributed by atoms with Crippen LogP contribution in [0.2, 0.25) is 0 Å². The van der Waals surface area contributed by atoms with Gasteiger partial charge >= 0.3 is 0 Å². The number of nitrogens with one attached hydrogen (secondary N) is 1. The Morgan fingerprint density at radius 2 is 1.93 bits per heavy atom. The molecule has 2 heterocycles. The number of likely N-dealkylation sites (tertiary alicyclic amines) is 1. The van der Waals surface area contributed by atoms with Gasteiger partial charge in [-0.2, -0.15) is 0 Å². The Balaban J connectivity index is 0.00000256. The second kappa shape index (κ2) is 11.1. The monoisotopic (exact) mass is 531 g/mol. The topological polar surface area (TPSA) is 46.1 Å². The van der Waals surface area contributed by atoms with Crippen LogP contribution in [0, 0.1) is 5.82 Å². The van der Waals surface area contributed by atoms with E-state index in [4.69, 9.17) is 9.47 Å². The Labute approximate surface area is 196 Å². The molecule has 3 aliphatic rings. The first-order valence-electron chi connectivity index (χ1n) is 11.1. The zero-order valence-electron chi connectivity index (χ0n) is 17.9. The summed E-state index contributed by atoms with van der Waals surface area (Å²) in [7, 11) is 1.85. The van der Waals surface area contributed by atoms with Crippen molar-refractivity contribution in [1.29, 1.82) is 0 Å². The molecule has 5 nitrogen and oxygen atoms in total. The van der Waals surface area contributed by atoms with E-state index < -0.39 is 0 Å². The second-order valence-electron chi connectivity index (χ2n) is 8.70. The summed E-state index contributed by atoms with van der Waals surface area (Å²) in [5, 5.41) is 3.57. The van der Waals surface area contributed by atoms with Crippen molar-refractivity contribution in [3.05, 3.63) is 35.6 Å². The van der Waals surface area contributed by atoms with E-state index >= 15 is 0 Å². The molecule has 0 amide bonds. The average Bonchev–Trinajstić information content (AvgIpc) is 3.56. The summed E-state index contributed by atoms with van der Waals surface area (Å²) < 4.78 is 25.1. The first-order valence-corrected chi connectivity index (χ1v) is 11.1. The van der Waals surface area contributed by atoms with E-state index in [1.165, 1.54) is 18.4 Å². The molecule has 7 heteroatoms. The van der Waals surface area contributed by atoms with Crippen molar-refractivity contribution in [3.8, 4) is 0 Å².